The lowest BCUT2D eigenvalue weighted by Gasteiger charge is -2.22. The molecule has 0 unspecified atom stereocenters. The lowest BCUT2D eigenvalue weighted by molar-refractivity contribution is 0.189. The normalized spacial score (nSPS) is 13.6. The molecule has 1 aliphatic rings. The molecule has 31 heavy (non-hydrogen) atoms. The van der Waals surface area contributed by atoms with Gasteiger partial charge in [-0.2, -0.15) is 0 Å². The maximum atomic E-state index is 6.11. The van der Waals surface area contributed by atoms with Crippen molar-refractivity contribution in [2.45, 2.75) is 32.6 Å². The Morgan fingerprint density at radius 3 is 2.61 bits per heavy atom. The van der Waals surface area contributed by atoms with E-state index >= 15 is 0 Å². The molecular weight excluding hydrogens is 433 g/mol. The molecule has 5 rings (SSSR count). The van der Waals surface area contributed by atoms with Crippen LogP contribution >= 0.6 is 24.8 Å². The first-order valence-corrected chi connectivity index (χ1v) is 10.1. The Labute approximate surface area is 194 Å². The van der Waals surface area contributed by atoms with Crippen LogP contribution in [0.3, 0.4) is 0 Å². The number of nitrogens with zero attached hydrogens (tertiary/aromatic N) is 4. The number of fused-ring (bicyclic) bond motifs is 2. The maximum Gasteiger partial charge on any atom is 0.187 e. The predicted molar refractivity (Wildman–Crippen MR) is 129 cm³/mol. The second kappa shape index (κ2) is 8.99. The monoisotopic (exact) mass is 459 g/mol. The van der Waals surface area contributed by atoms with Gasteiger partial charge in [-0.1, -0.05) is 38.1 Å². The molecule has 8 heteroatoms. The fourth-order valence-electron chi connectivity index (χ4n) is 3.43. The molecule has 1 aromatic carbocycles. The van der Waals surface area contributed by atoms with Crippen molar-refractivity contribution in [2.24, 2.45) is 11.1 Å². The first-order chi connectivity index (χ1) is 14.0. The fraction of sp³-hybridized carbons (Fsp3) is 0.348. The highest BCUT2D eigenvalue weighted by atomic mass is 35.5. The van der Waals surface area contributed by atoms with Crippen molar-refractivity contribution < 1.29 is 4.74 Å². The number of nitrogens with two attached hydrogens (primary N) is 1. The van der Waals surface area contributed by atoms with Crippen LogP contribution in [0.1, 0.15) is 38.2 Å². The highest BCUT2D eigenvalue weighted by Crippen LogP contribution is 2.40. The van der Waals surface area contributed by atoms with Gasteiger partial charge < -0.3 is 10.5 Å². The summed E-state index contributed by atoms with van der Waals surface area (Å²) in [7, 11) is 0. The van der Waals surface area contributed by atoms with Crippen LogP contribution in [0.4, 0.5) is 0 Å². The number of ether oxygens (including phenoxy) is 1. The number of benzene rings is 1. The number of rotatable bonds is 6. The van der Waals surface area contributed by atoms with E-state index in [0.29, 0.717) is 19.1 Å². The van der Waals surface area contributed by atoms with Crippen LogP contribution in [0.25, 0.3) is 28.1 Å². The van der Waals surface area contributed by atoms with Crippen LogP contribution in [-0.2, 0) is 0 Å². The fourth-order valence-corrected chi connectivity index (χ4v) is 3.43. The summed E-state index contributed by atoms with van der Waals surface area (Å²) in [6.07, 6.45) is 4.68. The molecule has 0 saturated heterocycles. The molecule has 2 N–H and O–H groups in total. The summed E-state index contributed by atoms with van der Waals surface area (Å²) in [5, 5.41) is 9.77. The lowest BCUT2D eigenvalue weighted by atomic mass is 9.95. The highest BCUT2D eigenvalue weighted by Gasteiger charge is 2.24. The Kier molecular flexibility index (Phi) is 6.74. The van der Waals surface area contributed by atoms with E-state index in [1.54, 1.807) is 0 Å². The number of hydrogen-bond donors (Lipinski definition) is 1. The van der Waals surface area contributed by atoms with Crippen molar-refractivity contribution in [1.82, 2.24) is 19.6 Å². The quantitative estimate of drug-likeness (QED) is 0.437. The van der Waals surface area contributed by atoms with Crippen LogP contribution in [0.15, 0.2) is 48.7 Å². The topological polar surface area (TPSA) is 78.3 Å². The first-order valence-electron chi connectivity index (χ1n) is 10.1. The molecule has 1 saturated carbocycles. The summed E-state index contributed by atoms with van der Waals surface area (Å²) in [6, 6.07) is 14.2. The molecule has 3 heterocycles. The van der Waals surface area contributed by atoms with Crippen molar-refractivity contribution >= 4 is 41.4 Å². The molecule has 164 valence electrons. The molecule has 0 amide bonds. The zero-order valence-electron chi connectivity index (χ0n) is 17.6. The molecule has 1 fully saturated rings. The van der Waals surface area contributed by atoms with Crippen LogP contribution < -0.4 is 10.5 Å². The van der Waals surface area contributed by atoms with E-state index in [-0.39, 0.29) is 30.2 Å². The number of pyridine rings is 2. The number of hydrogen-bond acceptors (Lipinski definition) is 5. The summed E-state index contributed by atoms with van der Waals surface area (Å²) in [5.41, 5.74) is 9.54. The van der Waals surface area contributed by atoms with Gasteiger partial charge in [0.05, 0.1) is 6.61 Å². The molecule has 1 aliphatic carbocycles. The SMILES string of the molecule is CC(C)(CN)COc1cccc2ccc(-c3nnc4ccc(C5CC5)cn34)nc12.Cl.Cl. The van der Waals surface area contributed by atoms with Crippen molar-refractivity contribution in [3.05, 3.63) is 54.2 Å². The van der Waals surface area contributed by atoms with Gasteiger partial charge in [0.2, 0.25) is 0 Å². The molecule has 4 aromatic rings. The van der Waals surface area contributed by atoms with Crippen LogP contribution in [0.2, 0.25) is 0 Å². The van der Waals surface area contributed by atoms with Crippen molar-refractivity contribution in [1.29, 1.82) is 0 Å². The second-order valence-corrected chi connectivity index (χ2v) is 8.67. The molecule has 0 aliphatic heterocycles. The van der Waals surface area contributed by atoms with E-state index in [1.807, 2.05) is 34.7 Å². The van der Waals surface area contributed by atoms with Crippen molar-refractivity contribution in [3.63, 3.8) is 0 Å². The Morgan fingerprint density at radius 1 is 1.06 bits per heavy atom. The van der Waals surface area contributed by atoms with Gasteiger partial charge in [0.15, 0.2) is 11.5 Å². The van der Waals surface area contributed by atoms with Crippen molar-refractivity contribution in [2.75, 3.05) is 13.2 Å². The molecule has 0 bridgehead atoms. The summed E-state index contributed by atoms with van der Waals surface area (Å²) in [6.45, 7) is 5.28. The minimum absolute atomic E-state index is 0. The molecular formula is C23H27Cl2N5O. The van der Waals surface area contributed by atoms with Gasteiger partial charge in [0.25, 0.3) is 0 Å². The van der Waals surface area contributed by atoms with E-state index in [4.69, 9.17) is 15.5 Å². The van der Waals surface area contributed by atoms with Gasteiger partial charge in [-0.15, -0.1) is 35.0 Å². The van der Waals surface area contributed by atoms with Gasteiger partial charge in [0, 0.05) is 23.5 Å². The summed E-state index contributed by atoms with van der Waals surface area (Å²) in [4.78, 5) is 4.90. The predicted octanol–water partition coefficient (Wildman–Crippen LogP) is 5.03. The van der Waals surface area contributed by atoms with E-state index < -0.39 is 0 Å². The van der Waals surface area contributed by atoms with E-state index in [0.717, 1.165) is 33.8 Å². The zero-order chi connectivity index (χ0) is 20.0. The summed E-state index contributed by atoms with van der Waals surface area (Å²) in [5.74, 6) is 2.19. The third-order valence-corrected chi connectivity index (χ3v) is 5.56. The Morgan fingerprint density at radius 2 is 1.87 bits per heavy atom. The second-order valence-electron chi connectivity index (χ2n) is 8.67. The number of halogens is 2. The minimum atomic E-state index is -0.0950. The first kappa shape index (κ1) is 23.3. The molecule has 6 nitrogen and oxygen atoms in total. The largest absolute Gasteiger partial charge is 0.491 e. The van der Waals surface area contributed by atoms with Gasteiger partial charge >= 0.3 is 0 Å². The van der Waals surface area contributed by atoms with Gasteiger partial charge in [-0.05, 0) is 42.5 Å². The third-order valence-electron chi connectivity index (χ3n) is 5.56. The van der Waals surface area contributed by atoms with Gasteiger partial charge in [-0.25, -0.2) is 4.98 Å². The summed E-state index contributed by atoms with van der Waals surface area (Å²) >= 11 is 0. The minimum Gasteiger partial charge on any atom is -0.491 e. The van der Waals surface area contributed by atoms with Gasteiger partial charge in [0.1, 0.15) is 17.0 Å². The number of para-hydroxylation sites is 1. The van der Waals surface area contributed by atoms with E-state index in [1.165, 1.54) is 18.4 Å². The zero-order valence-corrected chi connectivity index (χ0v) is 19.2. The average molecular weight is 460 g/mol. The molecule has 0 radical (unpaired) electrons. The average Bonchev–Trinajstić information content (AvgIpc) is 3.51. The van der Waals surface area contributed by atoms with Gasteiger partial charge in [-0.3, -0.25) is 4.40 Å². The molecule has 0 spiro atoms. The Bertz CT molecular complexity index is 1200. The van der Waals surface area contributed by atoms with E-state index in [2.05, 4.69) is 42.4 Å². The lowest BCUT2D eigenvalue weighted by Crippen LogP contribution is -2.30. The van der Waals surface area contributed by atoms with Crippen molar-refractivity contribution in [3.8, 4) is 17.3 Å². The van der Waals surface area contributed by atoms with Crippen LogP contribution in [-0.4, -0.2) is 32.7 Å². The number of aromatic nitrogens is 4. The van der Waals surface area contributed by atoms with Crippen LogP contribution in [0, 0.1) is 5.41 Å². The summed E-state index contributed by atoms with van der Waals surface area (Å²) < 4.78 is 8.15. The molecule has 3 aromatic heterocycles. The Hall–Kier alpha value is -2.41. The standard InChI is InChI=1S/C23H25N5O.2ClH/c1-23(2,13-24)14-29-19-5-3-4-16-8-10-18(25-21(16)19)22-27-26-20-11-9-17(12-28(20)22)15-6-7-15;;/h3-5,8-12,15H,6-7,13-14,24H2,1-2H3;2*1H. The molecule has 0 atom stereocenters. The van der Waals surface area contributed by atoms with Crippen LogP contribution in [0.5, 0.6) is 5.75 Å². The highest BCUT2D eigenvalue weighted by molar-refractivity contribution is 5.86. The maximum absolute atomic E-state index is 6.11. The smallest absolute Gasteiger partial charge is 0.187 e. The Balaban J connectivity index is 0.00000136. The van der Waals surface area contributed by atoms with E-state index in [9.17, 15) is 0 Å². The third kappa shape index (κ3) is 4.61.